The number of thiophene rings is 1. The molecule has 0 amide bonds. The van der Waals surface area contributed by atoms with Crippen molar-refractivity contribution in [2.75, 3.05) is 4.90 Å². The third kappa shape index (κ3) is 4.93. The molecular weight excluding hydrogens is 673 g/mol. The van der Waals surface area contributed by atoms with Crippen LogP contribution in [0.2, 0.25) is 0 Å². The van der Waals surface area contributed by atoms with Gasteiger partial charge in [-0.2, -0.15) is 0 Å². The van der Waals surface area contributed by atoms with Crippen LogP contribution in [-0.4, -0.2) is 4.57 Å². The number of aromatic nitrogens is 1. The van der Waals surface area contributed by atoms with E-state index in [1.165, 1.54) is 80.7 Å². The lowest BCUT2D eigenvalue weighted by atomic mass is 9.87. The zero-order chi connectivity index (χ0) is 35.8. The average molecular weight is 709 g/mol. The molecule has 0 spiro atoms. The molecule has 54 heavy (non-hydrogen) atoms. The van der Waals surface area contributed by atoms with Crippen molar-refractivity contribution in [3.63, 3.8) is 0 Å². The number of fused-ring (bicyclic) bond motifs is 8. The van der Waals surface area contributed by atoms with Crippen LogP contribution in [0, 0.1) is 0 Å². The first-order chi connectivity index (χ1) is 26.7. The lowest BCUT2D eigenvalue weighted by molar-refractivity contribution is 0.771. The summed E-state index contributed by atoms with van der Waals surface area (Å²) in [6, 6.07) is 62.9. The molecule has 11 rings (SSSR count). The van der Waals surface area contributed by atoms with E-state index in [1.54, 1.807) is 0 Å². The fraction of sp³-hybridized carbons (Fsp3) is 0.0588. The van der Waals surface area contributed by atoms with E-state index in [2.05, 4.69) is 198 Å². The number of hydrogen-bond acceptors (Lipinski definition) is 2. The molecule has 1 atom stereocenters. The second-order valence-corrected chi connectivity index (χ2v) is 15.7. The van der Waals surface area contributed by atoms with Crippen molar-refractivity contribution in [2.24, 2.45) is 0 Å². The van der Waals surface area contributed by atoms with Crippen LogP contribution in [0.4, 0.5) is 17.1 Å². The number of benzene rings is 8. The van der Waals surface area contributed by atoms with Crippen molar-refractivity contribution in [2.45, 2.75) is 19.3 Å². The third-order valence-corrected chi connectivity index (χ3v) is 12.5. The van der Waals surface area contributed by atoms with E-state index in [1.807, 2.05) is 11.3 Å². The minimum Gasteiger partial charge on any atom is -0.310 e. The molecule has 0 saturated heterocycles. The van der Waals surface area contributed by atoms with Gasteiger partial charge in [0.25, 0.3) is 0 Å². The number of nitrogens with zero attached hydrogens (tertiary/aromatic N) is 2. The first-order valence-electron chi connectivity index (χ1n) is 18.8. The van der Waals surface area contributed by atoms with E-state index in [-0.39, 0.29) is 0 Å². The molecule has 2 aromatic heterocycles. The van der Waals surface area contributed by atoms with Gasteiger partial charge in [-0.25, -0.2) is 0 Å². The molecule has 256 valence electrons. The molecule has 2 heterocycles. The number of hydrogen-bond donors (Lipinski definition) is 0. The average Bonchev–Trinajstić information content (AvgIpc) is 3.76. The lowest BCUT2D eigenvalue weighted by Gasteiger charge is -2.30. The highest BCUT2D eigenvalue weighted by Crippen LogP contribution is 2.45. The van der Waals surface area contributed by atoms with Crippen LogP contribution in [0.5, 0.6) is 0 Å². The number of anilines is 3. The van der Waals surface area contributed by atoms with Gasteiger partial charge in [-0.05, 0) is 113 Å². The summed E-state index contributed by atoms with van der Waals surface area (Å²) in [4.78, 5) is 2.44. The molecule has 3 heteroatoms. The minimum atomic E-state index is 0.480. The van der Waals surface area contributed by atoms with Crippen LogP contribution >= 0.6 is 11.3 Å². The van der Waals surface area contributed by atoms with Gasteiger partial charge in [0.15, 0.2) is 0 Å². The Labute approximate surface area is 318 Å². The van der Waals surface area contributed by atoms with Crippen LogP contribution in [0.15, 0.2) is 176 Å². The summed E-state index contributed by atoms with van der Waals surface area (Å²) in [7, 11) is 0. The van der Waals surface area contributed by atoms with Crippen LogP contribution < -0.4 is 4.90 Å². The highest BCUT2D eigenvalue weighted by Gasteiger charge is 2.23. The summed E-state index contributed by atoms with van der Waals surface area (Å²) in [5, 5.41) is 7.61. The SMILES string of the molecule is CC1CC=Cc2c1cccc2N(c1ccccc1)c1ccc2c3cc(-c4ccc5sc6ccccc6c5c4)ccc3n(-c3ccc4ccccc4c3)c2c1. The van der Waals surface area contributed by atoms with Gasteiger partial charge in [0.1, 0.15) is 0 Å². The first-order valence-corrected chi connectivity index (χ1v) is 19.6. The predicted molar refractivity (Wildman–Crippen MR) is 233 cm³/mol. The van der Waals surface area contributed by atoms with E-state index in [9.17, 15) is 0 Å². The smallest absolute Gasteiger partial charge is 0.0561 e. The maximum atomic E-state index is 2.46. The molecule has 8 aromatic carbocycles. The van der Waals surface area contributed by atoms with Gasteiger partial charge in [0, 0.05) is 53.6 Å². The Hall–Kier alpha value is -6.42. The second-order valence-electron chi connectivity index (χ2n) is 14.6. The summed E-state index contributed by atoms with van der Waals surface area (Å²) in [5.74, 6) is 0.480. The van der Waals surface area contributed by atoms with E-state index in [4.69, 9.17) is 0 Å². The van der Waals surface area contributed by atoms with Gasteiger partial charge >= 0.3 is 0 Å². The largest absolute Gasteiger partial charge is 0.310 e. The molecule has 0 saturated carbocycles. The summed E-state index contributed by atoms with van der Waals surface area (Å²) in [6.45, 7) is 2.34. The van der Waals surface area contributed by atoms with Crippen LogP contribution in [-0.2, 0) is 0 Å². The van der Waals surface area contributed by atoms with Gasteiger partial charge < -0.3 is 9.47 Å². The third-order valence-electron chi connectivity index (χ3n) is 11.4. The minimum absolute atomic E-state index is 0.480. The van der Waals surface area contributed by atoms with Crippen molar-refractivity contribution < 1.29 is 0 Å². The van der Waals surface area contributed by atoms with E-state index >= 15 is 0 Å². The summed E-state index contributed by atoms with van der Waals surface area (Å²) >= 11 is 1.87. The van der Waals surface area contributed by atoms with Crippen molar-refractivity contribution in [1.29, 1.82) is 0 Å². The lowest BCUT2D eigenvalue weighted by Crippen LogP contribution is -2.13. The molecule has 0 radical (unpaired) electrons. The van der Waals surface area contributed by atoms with Crippen LogP contribution in [0.25, 0.3) is 75.6 Å². The van der Waals surface area contributed by atoms with E-state index in [0.717, 1.165) is 23.5 Å². The standard InChI is InChI=1S/C51H36N2S/c1-33-11-9-18-42-41(33)17-10-19-47(42)52(38-14-3-2-4-15-38)40-25-26-43-45-30-36(37-23-28-51-46(31-37)44-16-7-8-20-50(44)54-51)22-27-48(45)53(49(43)32-40)39-24-21-34-12-5-6-13-35(34)29-39/h2-10,12-33H,11H2,1H3. The maximum absolute atomic E-state index is 2.46. The molecule has 1 aliphatic carbocycles. The van der Waals surface area contributed by atoms with Crippen molar-refractivity contribution in [3.8, 4) is 16.8 Å². The Morgan fingerprint density at radius 3 is 2.22 bits per heavy atom. The molecule has 0 aliphatic heterocycles. The topological polar surface area (TPSA) is 8.17 Å². The molecule has 1 unspecified atom stereocenters. The molecule has 2 nitrogen and oxygen atoms in total. The zero-order valence-corrected chi connectivity index (χ0v) is 30.7. The molecule has 1 aliphatic rings. The molecule has 0 N–H and O–H groups in total. The summed E-state index contributed by atoms with van der Waals surface area (Å²) < 4.78 is 5.13. The number of allylic oxidation sites excluding steroid dienone is 1. The fourth-order valence-electron chi connectivity index (χ4n) is 8.73. The number of rotatable bonds is 5. The first kappa shape index (κ1) is 31.1. The van der Waals surface area contributed by atoms with E-state index in [0.29, 0.717) is 5.92 Å². The van der Waals surface area contributed by atoms with Gasteiger partial charge in [0.2, 0.25) is 0 Å². The van der Waals surface area contributed by atoms with Crippen molar-refractivity contribution >= 4 is 87.2 Å². The van der Waals surface area contributed by atoms with Gasteiger partial charge in [-0.3, -0.25) is 0 Å². The Morgan fingerprint density at radius 1 is 0.537 bits per heavy atom. The van der Waals surface area contributed by atoms with Gasteiger partial charge in [-0.15, -0.1) is 11.3 Å². The molecular formula is C51H36N2S. The predicted octanol–water partition coefficient (Wildman–Crippen LogP) is 15.0. The quantitative estimate of drug-likeness (QED) is 0.173. The van der Waals surface area contributed by atoms with Crippen molar-refractivity contribution in [1.82, 2.24) is 4.57 Å². The molecule has 0 fully saturated rings. The summed E-state index contributed by atoms with van der Waals surface area (Å²) in [5.41, 5.74) is 12.2. The Bertz CT molecular complexity index is 3110. The zero-order valence-electron chi connectivity index (χ0n) is 29.9. The Balaban J connectivity index is 1.15. The van der Waals surface area contributed by atoms with E-state index < -0.39 is 0 Å². The monoisotopic (exact) mass is 708 g/mol. The van der Waals surface area contributed by atoms with Gasteiger partial charge in [-0.1, -0.05) is 116 Å². The normalized spacial score (nSPS) is 14.1. The summed E-state index contributed by atoms with van der Waals surface area (Å²) in [6.07, 6.45) is 5.72. The number of para-hydroxylation sites is 1. The molecule has 0 bridgehead atoms. The highest BCUT2D eigenvalue weighted by atomic mass is 32.1. The highest BCUT2D eigenvalue weighted by molar-refractivity contribution is 7.25. The molecule has 10 aromatic rings. The second kappa shape index (κ2) is 12.3. The fourth-order valence-corrected chi connectivity index (χ4v) is 9.81. The Kier molecular flexibility index (Phi) is 7.11. The van der Waals surface area contributed by atoms with Gasteiger partial charge in [0.05, 0.1) is 16.7 Å². The van der Waals surface area contributed by atoms with Crippen LogP contribution in [0.3, 0.4) is 0 Å². The maximum Gasteiger partial charge on any atom is 0.0561 e. The van der Waals surface area contributed by atoms with Crippen molar-refractivity contribution in [3.05, 3.63) is 187 Å². The Morgan fingerprint density at radius 2 is 1.31 bits per heavy atom. The van der Waals surface area contributed by atoms with Crippen LogP contribution in [0.1, 0.15) is 30.4 Å².